The van der Waals surface area contributed by atoms with Crippen LogP contribution < -0.4 is 10.9 Å². The van der Waals surface area contributed by atoms with Gasteiger partial charge in [-0.25, -0.2) is 4.68 Å². The summed E-state index contributed by atoms with van der Waals surface area (Å²) in [5.41, 5.74) is 3.37. The standard InChI is InChI=1S/C23H21F3N4O/c1-14-6-8-19(9-7-14)30-21-20(15(2)29-30)11-17(22(31)28-21)13-27-12-16-4-3-5-18(10-16)23(24,25)26/h3-11,27H,12-13H2,1-2H3,(H,28,31). The summed E-state index contributed by atoms with van der Waals surface area (Å²) in [4.78, 5) is 15.5. The van der Waals surface area contributed by atoms with Crippen molar-refractivity contribution in [1.29, 1.82) is 0 Å². The Kier molecular flexibility index (Phi) is 5.41. The van der Waals surface area contributed by atoms with Crippen LogP contribution in [0.4, 0.5) is 13.2 Å². The third-order valence-electron chi connectivity index (χ3n) is 5.13. The predicted molar refractivity (Wildman–Crippen MR) is 113 cm³/mol. The van der Waals surface area contributed by atoms with Crippen molar-refractivity contribution < 1.29 is 13.2 Å². The molecule has 0 atom stereocenters. The molecule has 4 aromatic rings. The molecular formula is C23H21F3N4O. The lowest BCUT2D eigenvalue weighted by atomic mass is 10.1. The minimum absolute atomic E-state index is 0.211. The van der Waals surface area contributed by atoms with Gasteiger partial charge in [-0.1, -0.05) is 35.9 Å². The molecule has 0 saturated heterocycles. The molecule has 4 rings (SSSR count). The highest BCUT2D eigenvalue weighted by Crippen LogP contribution is 2.29. The summed E-state index contributed by atoms with van der Waals surface area (Å²) in [5.74, 6) is 0. The summed E-state index contributed by atoms with van der Waals surface area (Å²) in [6, 6.07) is 14.7. The Bertz CT molecular complexity index is 1290. The number of halogens is 3. The summed E-state index contributed by atoms with van der Waals surface area (Å²) in [5, 5.41) is 8.42. The SMILES string of the molecule is Cc1ccc(-n2nc(C)c3cc(CNCc4cccc(C(F)(F)F)c4)c(=O)[nH]c32)cc1. The second-order valence-electron chi connectivity index (χ2n) is 7.52. The maximum atomic E-state index is 12.9. The van der Waals surface area contributed by atoms with Gasteiger partial charge in [0.1, 0.15) is 5.65 Å². The molecule has 0 aliphatic rings. The number of hydrogen-bond acceptors (Lipinski definition) is 3. The minimum atomic E-state index is -4.38. The van der Waals surface area contributed by atoms with E-state index >= 15 is 0 Å². The van der Waals surface area contributed by atoms with Gasteiger partial charge in [0.05, 0.1) is 16.9 Å². The number of aromatic amines is 1. The van der Waals surface area contributed by atoms with Crippen LogP contribution in [0.25, 0.3) is 16.7 Å². The maximum Gasteiger partial charge on any atom is 0.416 e. The van der Waals surface area contributed by atoms with E-state index in [9.17, 15) is 18.0 Å². The van der Waals surface area contributed by atoms with E-state index in [4.69, 9.17) is 0 Å². The fourth-order valence-corrected chi connectivity index (χ4v) is 3.46. The molecule has 0 radical (unpaired) electrons. The summed E-state index contributed by atoms with van der Waals surface area (Å²) in [6.45, 7) is 4.29. The van der Waals surface area contributed by atoms with Crippen LogP contribution in [0.15, 0.2) is 59.4 Å². The van der Waals surface area contributed by atoms with Crippen molar-refractivity contribution in [3.8, 4) is 5.69 Å². The fraction of sp³-hybridized carbons (Fsp3) is 0.217. The molecule has 0 unspecified atom stereocenters. The number of aryl methyl sites for hydroxylation is 2. The van der Waals surface area contributed by atoms with Gasteiger partial charge in [0.15, 0.2) is 0 Å². The number of fused-ring (bicyclic) bond motifs is 1. The predicted octanol–water partition coefficient (Wildman–Crippen LogP) is 4.64. The van der Waals surface area contributed by atoms with Gasteiger partial charge in [-0.05, 0) is 43.7 Å². The first-order valence-corrected chi connectivity index (χ1v) is 9.78. The zero-order valence-corrected chi connectivity index (χ0v) is 17.0. The van der Waals surface area contributed by atoms with Gasteiger partial charge >= 0.3 is 6.18 Å². The molecule has 31 heavy (non-hydrogen) atoms. The van der Waals surface area contributed by atoms with Crippen molar-refractivity contribution in [1.82, 2.24) is 20.1 Å². The number of nitrogens with zero attached hydrogens (tertiary/aromatic N) is 2. The number of benzene rings is 2. The molecule has 0 saturated carbocycles. The summed E-state index contributed by atoms with van der Waals surface area (Å²) in [7, 11) is 0. The van der Waals surface area contributed by atoms with E-state index in [0.29, 0.717) is 16.8 Å². The van der Waals surface area contributed by atoms with E-state index in [0.717, 1.165) is 34.5 Å². The molecule has 0 spiro atoms. The molecule has 0 aliphatic heterocycles. The first-order valence-electron chi connectivity index (χ1n) is 9.78. The zero-order valence-electron chi connectivity index (χ0n) is 17.0. The molecule has 2 aromatic heterocycles. The van der Waals surface area contributed by atoms with Crippen LogP contribution in [-0.4, -0.2) is 14.8 Å². The second-order valence-corrected chi connectivity index (χ2v) is 7.52. The number of pyridine rings is 1. The third-order valence-corrected chi connectivity index (χ3v) is 5.13. The Hall–Kier alpha value is -3.39. The Morgan fingerprint density at radius 2 is 1.77 bits per heavy atom. The lowest BCUT2D eigenvalue weighted by Gasteiger charge is -2.10. The minimum Gasteiger partial charge on any atom is -0.308 e. The smallest absolute Gasteiger partial charge is 0.308 e. The van der Waals surface area contributed by atoms with E-state index in [2.05, 4.69) is 15.4 Å². The normalized spacial score (nSPS) is 11.9. The highest BCUT2D eigenvalue weighted by Gasteiger charge is 2.30. The number of H-pyrrole nitrogens is 1. The maximum absolute atomic E-state index is 12.9. The summed E-state index contributed by atoms with van der Waals surface area (Å²) < 4.78 is 40.3. The van der Waals surface area contributed by atoms with Crippen molar-refractivity contribution in [3.05, 3.63) is 92.9 Å². The van der Waals surface area contributed by atoms with E-state index in [1.54, 1.807) is 16.8 Å². The fourth-order valence-electron chi connectivity index (χ4n) is 3.46. The molecule has 0 fully saturated rings. The van der Waals surface area contributed by atoms with Crippen LogP contribution in [0.1, 0.15) is 27.9 Å². The van der Waals surface area contributed by atoms with Crippen LogP contribution in [0.2, 0.25) is 0 Å². The highest BCUT2D eigenvalue weighted by molar-refractivity contribution is 5.80. The van der Waals surface area contributed by atoms with Crippen molar-refractivity contribution in [2.45, 2.75) is 33.1 Å². The van der Waals surface area contributed by atoms with Crippen LogP contribution in [0.5, 0.6) is 0 Å². The molecule has 0 bridgehead atoms. The molecular weight excluding hydrogens is 405 g/mol. The average Bonchev–Trinajstić information content (AvgIpc) is 3.04. The number of nitrogens with one attached hydrogen (secondary N) is 2. The highest BCUT2D eigenvalue weighted by atomic mass is 19.4. The molecule has 2 heterocycles. The number of aromatic nitrogens is 3. The van der Waals surface area contributed by atoms with Gasteiger partial charge in [0.2, 0.25) is 0 Å². The molecule has 0 amide bonds. The topological polar surface area (TPSA) is 62.7 Å². The molecule has 2 aromatic carbocycles. The van der Waals surface area contributed by atoms with E-state index in [1.807, 2.05) is 38.1 Å². The Labute approximate surface area is 176 Å². The first-order chi connectivity index (χ1) is 14.7. The van der Waals surface area contributed by atoms with E-state index in [-0.39, 0.29) is 18.6 Å². The lowest BCUT2D eigenvalue weighted by molar-refractivity contribution is -0.137. The zero-order chi connectivity index (χ0) is 22.2. The largest absolute Gasteiger partial charge is 0.416 e. The van der Waals surface area contributed by atoms with Gasteiger partial charge in [-0.3, -0.25) is 4.79 Å². The number of hydrogen-bond donors (Lipinski definition) is 2. The van der Waals surface area contributed by atoms with Gasteiger partial charge in [0.25, 0.3) is 5.56 Å². The van der Waals surface area contributed by atoms with Crippen molar-refractivity contribution >= 4 is 11.0 Å². The van der Waals surface area contributed by atoms with Gasteiger partial charge < -0.3 is 10.3 Å². The monoisotopic (exact) mass is 426 g/mol. The van der Waals surface area contributed by atoms with Crippen molar-refractivity contribution in [3.63, 3.8) is 0 Å². The van der Waals surface area contributed by atoms with Gasteiger partial charge in [-0.15, -0.1) is 0 Å². The van der Waals surface area contributed by atoms with Gasteiger partial charge in [-0.2, -0.15) is 18.3 Å². The third kappa shape index (κ3) is 4.39. The first kappa shape index (κ1) is 20.9. The molecule has 5 nitrogen and oxygen atoms in total. The quantitative estimate of drug-likeness (QED) is 0.489. The van der Waals surface area contributed by atoms with E-state index < -0.39 is 11.7 Å². The Balaban J connectivity index is 1.56. The summed E-state index contributed by atoms with van der Waals surface area (Å²) >= 11 is 0. The molecule has 0 aliphatic carbocycles. The van der Waals surface area contributed by atoms with Crippen molar-refractivity contribution in [2.24, 2.45) is 0 Å². The average molecular weight is 426 g/mol. The van der Waals surface area contributed by atoms with Crippen molar-refractivity contribution in [2.75, 3.05) is 0 Å². The van der Waals surface area contributed by atoms with Crippen LogP contribution in [0.3, 0.4) is 0 Å². The molecule has 8 heteroatoms. The molecule has 2 N–H and O–H groups in total. The van der Waals surface area contributed by atoms with Crippen LogP contribution >= 0.6 is 0 Å². The summed E-state index contributed by atoms with van der Waals surface area (Å²) in [6.07, 6.45) is -4.38. The van der Waals surface area contributed by atoms with E-state index in [1.165, 1.54) is 6.07 Å². The van der Waals surface area contributed by atoms with Crippen LogP contribution in [0, 0.1) is 13.8 Å². The molecule has 160 valence electrons. The van der Waals surface area contributed by atoms with Gasteiger partial charge in [0, 0.05) is 24.0 Å². The number of rotatable bonds is 5. The lowest BCUT2D eigenvalue weighted by Crippen LogP contribution is -2.21. The Morgan fingerprint density at radius 1 is 1.03 bits per heavy atom. The number of alkyl halides is 3. The Morgan fingerprint density at radius 3 is 2.48 bits per heavy atom. The second kappa shape index (κ2) is 8.03. The van der Waals surface area contributed by atoms with Crippen LogP contribution in [-0.2, 0) is 19.3 Å².